The number of phenolic OH excluding ortho intramolecular Hbond substituents is 1. The van der Waals surface area contributed by atoms with E-state index in [0.717, 1.165) is 41.3 Å². The van der Waals surface area contributed by atoms with Crippen LogP contribution in [0.2, 0.25) is 0 Å². The van der Waals surface area contributed by atoms with Crippen LogP contribution in [0.1, 0.15) is 59.4 Å². The summed E-state index contributed by atoms with van der Waals surface area (Å²) in [4.78, 5) is 64.0. The number of hydrogen-bond acceptors (Lipinski definition) is 8. The van der Waals surface area contributed by atoms with E-state index in [4.69, 9.17) is 4.74 Å². The van der Waals surface area contributed by atoms with Crippen LogP contribution in [0.25, 0.3) is 0 Å². The monoisotopic (exact) mass is 826 g/mol. The number of hydrogen-bond donors (Lipinski definition) is 2. The van der Waals surface area contributed by atoms with Crippen LogP contribution in [-0.4, -0.2) is 62.7 Å². The molecule has 0 aromatic heterocycles. The summed E-state index contributed by atoms with van der Waals surface area (Å²) < 4.78 is 6.13. The van der Waals surface area contributed by atoms with E-state index in [2.05, 4.69) is 22.5 Å². The number of ether oxygens (including phenoxy) is 1. The number of aryl methyl sites for hydroxylation is 1. The summed E-state index contributed by atoms with van der Waals surface area (Å²) in [5, 5.41) is 13.3. The highest BCUT2D eigenvalue weighted by Gasteiger charge is 2.70. The number of hydrazine groups is 1. The maximum Gasteiger partial charge on any atom is 0.260 e. The van der Waals surface area contributed by atoms with Crippen LogP contribution in [0.4, 0.5) is 5.69 Å². The second-order valence-corrected chi connectivity index (χ2v) is 17.6. The van der Waals surface area contributed by atoms with Crippen LogP contribution in [0.3, 0.4) is 0 Å². The van der Waals surface area contributed by atoms with Crippen molar-refractivity contribution in [3.8, 4) is 11.5 Å². The number of rotatable bonds is 10. The fraction of sp³-hybridized carbons (Fsp3) is 0.308. The van der Waals surface area contributed by atoms with Gasteiger partial charge in [-0.1, -0.05) is 126 Å². The van der Waals surface area contributed by atoms with Gasteiger partial charge in [0, 0.05) is 43.2 Å². The first-order chi connectivity index (χ1) is 30.2. The normalized spacial score (nSPS) is 26.2. The Morgan fingerprint density at radius 2 is 1.40 bits per heavy atom. The Morgan fingerprint density at radius 3 is 2.08 bits per heavy atom. The quantitative estimate of drug-likeness (QED) is 0.108. The van der Waals surface area contributed by atoms with Crippen molar-refractivity contribution in [1.29, 1.82) is 0 Å². The van der Waals surface area contributed by atoms with Crippen LogP contribution in [-0.2, 0) is 37.7 Å². The number of nitrogens with zero attached hydrogens (tertiary/aromatic N) is 3. The largest absolute Gasteiger partial charge is 0.508 e. The van der Waals surface area contributed by atoms with Crippen LogP contribution >= 0.6 is 0 Å². The molecule has 5 aromatic rings. The Hall–Kier alpha value is -6.52. The molecule has 3 saturated heterocycles. The SMILES string of the molecule is Cc1ccc(NN2C(=O)C3CC4C(=CCC5C(=O)N(C6CCN(Cc7ccccc7)CC6)C(=O)C54)C(c4ccc(OCc5ccccc5)cc4O)C3(c3ccccc3)C2=O)cc1. The third kappa shape index (κ3) is 6.68. The van der Waals surface area contributed by atoms with E-state index >= 15 is 9.59 Å². The number of anilines is 1. The molecule has 3 heterocycles. The molecule has 0 radical (unpaired) electrons. The number of aromatic hydroxyl groups is 1. The van der Waals surface area contributed by atoms with E-state index in [-0.39, 0.29) is 30.0 Å². The molecule has 10 nitrogen and oxygen atoms in total. The molecule has 4 fully saturated rings. The molecule has 314 valence electrons. The first-order valence-electron chi connectivity index (χ1n) is 21.8. The van der Waals surface area contributed by atoms with Crippen molar-refractivity contribution < 1.29 is 29.0 Å². The number of likely N-dealkylation sites (tertiary alicyclic amines) is 2. The van der Waals surface area contributed by atoms with Crippen LogP contribution < -0.4 is 10.2 Å². The standard InChI is InChI=1S/C52H50N4O6/c1-33-17-19-37(20-18-33)53-56-49(59)44-30-43-40(23-24-42-46(43)50(60)55(48(42)58)38-25-27-54(28-26-38)31-34-11-5-2-6-12-34)47(52(44,51(56)61)36-15-9-4-10-16-36)41-22-21-39(29-45(41)57)62-32-35-13-7-3-8-14-35/h2-23,29,38,42-44,46-47,53,57H,24-28,30-32H2,1H3. The average Bonchev–Trinajstić information content (AvgIpc) is 3.68. The smallest absolute Gasteiger partial charge is 0.260 e. The van der Waals surface area contributed by atoms with Gasteiger partial charge in [0.15, 0.2) is 0 Å². The fourth-order valence-corrected chi connectivity index (χ4v) is 11.3. The molecule has 4 amide bonds. The van der Waals surface area contributed by atoms with Gasteiger partial charge in [0.1, 0.15) is 18.1 Å². The number of allylic oxidation sites excluding steroid dienone is 2. The minimum atomic E-state index is -1.49. The lowest BCUT2D eigenvalue weighted by atomic mass is 9.49. The molecule has 6 atom stereocenters. The summed E-state index contributed by atoms with van der Waals surface area (Å²) in [6.45, 7) is 4.62. The molecule has 10 rings (SSSR count). The van der Waals surface area contributed by atoms with Crippen LogP contribution in [0.15, 0.2) is 145 Å². The Bertz CT molecular complexity index is 2540. The topological polar surface area (TPSA) is 119 Å². The summed E-state index contributed by atoms with van der Waals surface area (Å²) >= 11 is 0. The van der Waals surface area contributed by atoms with Gasteiger partial charge >= 0.3 is 0 Å². The van der Waals surface area contributed by atoms with Crippen molar-refractivity contribution in [3.05, 3.63) is 173 Å². The predicted octanol–water partition coefficient (Wildman–Crippen LogP) is 7.93. The molecule has 5 aromatic carbocycles. The number of piperidine rings is 1. The molecule has 6 unspecified atom stereocenters. The van der Waals surface area contributed by atoms with E-state index in [1.165, 1.54) is 5.56 Å². The predicted molar refractivity (Wildman–Crippen MR) is 234 cm³/mol. The molecule has 0 bridgehead atoms. The summed E-state index contributed by atoms with van der Waals surface area (Å²) in [5.41, 5.74) is 7.38. The van der Waals surface area contributed by atoms with E-state index in [1.807, 2.05) is 116 Å². The lowest BCUT2D eigenvalue weighted by Crippen LogP contribution is -2.53. The molecule has 1 saturated carbocycles. The second-order valence-electron chi connectivity index (χ2n) is 17.6. The Morgan fingerprint density at radius 1 is 0.742 bits per heavy atom. The van der Waals surface area contributed by atoms with Gasteiger partial charge in [-0.2, -0.15) is 5.01 Å². The van der Waals surface area contributed by atoms with Crippen molar-refractivity contribution in [3.63, 3.8) is 0 Å². The van der Waals surface area contributed by atoms with Gasteiger partial charge < -0.3 is 9.84 Å². The molecule has 2 aliphatic carbocycles. The first-order valence-corrected chi connectivity index (χ1v) is 21.8. The maximum atomic E-state index is 15.6. The average molecular weight is 827 g/mol. The van der Waals surface area contributed by atoms with Gasteiger partial charge in [0.05, 0.1) is 28.9 Å². The van der Waals surface area contributed by atoms with Crippen molar-refractivity contribution in [1.82, 2.24) is 14.8 Å². The zero-order chi connectivity index (χ0) is 42.5. The van der Waals surface area contributed by atoms with E-state index in [9.17, 15) is 14.7 Å². The number of carbonyl (C=O) groups is 4. The molecule has 3 aliphatic heterocycles. The first kappa shape index (κ1) is 39.6. The van der Waals surface area contributed by atoms with Crippen molar-refractivity contribution >= 4 is 29.3 Å². The Labute approximate surface area is 361 Å². The molecular weight excluding hydrogens is 777 g/mol. The number of carbonyl (C=O) groups excluding carboxylic acids is 4. The highest BCUT2D eigenvalue weighted by atomic mass is 16.5. The lowest BCUT2D eigenvalue weighted by Gasteiger charge is -2.50. The third-order valence-electron chi connectivity index (χ3n) is 14.2. The third-order valence-corrected chi connectivity index (χ3v) is 14.2. The Kier molecular flexibility index (Phi) is 10.3. The zero-order valence-corrected chi connectivity index (χ0v) is 34.7. The highest BCUT2D eigenvalue weighted by molar-refractivity contribution is 6.13. The minimum Gasteiger partial charge on any atom is -0.508 e. The van der Waals surface area contributed by atoms with E-state index < -0.39 is 46.8 Å². The number of benzene rings is 5. The van der Waals surface area contributed by atoms with Crippen molar-refractivity contribution in [2.75, 3.05) is 18.5 Å². The van der Waals surface area contributed by atoms with E-state index in [1.54, 1.807) is 23.1 Å². The van der Waals surface area contributed by atoms with E-state index in [0.29, 0.717) is 48.4 Å². The van der Waals surface area contributed by atoms with Crippen molar-refractivity contribution in [2.45, 2.75) is 63.1 Å². The molecule has 62 heavy (non-hydrogen) atoms. The summed E-state index contributed by atoms with van der Waals surface area (Å²) in [6.07, 6.45) is 3.94. The second kappa shape index (κ2) is 16.1. The molecule has 2 N–H and O–H groups in total. The van der Waals surface area contributed by atoms with Gasteiger partial charge in [-0.05, 0) is 73.4 Å². The van der Waals surface area contributed by atoms with Gasteiger partial charge in [0.25, 0.3) is 11.8 Å². The van der Waals surface area contributed by atoms with Gasteiger partial charge in [-0.3, -0.25) is 34.4 Å². The Balaban J connectivity index is 1.03. The summed E-state index contributed by atoms with van der Waals surface area (Å²) in [5.74, 6) is -4.38. The van der Waals surface area contributed by atoms with Crippen LogP contribution in [0, 0.1) is 30.6 Å². The van der Waals surface area contributed by atoms with Crippen molar-refractivity contribution in [2.24, 2.45) is 23.7 Å². The molecule has 10 heteroatoms. The number of fused-ring (bicyclic) bond motifs is 4. The summed E-state index contributed by atoms with van der Waals surface area (Å²) in [6, 6.07) is 41.9. The lowest BCUT2D eigenvalue weighted by molar-refractivity contribution is -0.144. The van der Waals surface area contributed by atoms with Gasteiger partial charge in [-0.15, -0.1) is 0 Å². The highest BCUT2D eigenvalue weighted by Crippen LogP contribution is 2.65. The molecule has 0 spiro atoms. The number of amides is 4. The van der Waals surface area contributed by atoms with Gasteiger partial charge in [-0.25, -0.2) is 0 Å². The molecule has 5 aliphatic rings. The minimum absolute atomic E-state index is 0.0822. The fourth-order valence-electron chi connectivity index (χ4n) is 11.3. The number of phenols is 1. The molecular formula is C52H50N4O6. The zero-order valence-electron chi connectivity index (χ0n) is 34.7. The number of nitrogens with one attached hydrogen (secondary N) is 1. The summed E-state index contributed by atoms with van der Waals surface area (Å²) in [7, 11) is 0. The maximum absolute atomic E-state index is 15.6. The van der Waals surface area contributed by atoms with Crippen LogP contribution in [0.5, 0.6) is 11.5 Å². The van der Waals surface area contributed by atoms with Gasteiger partial charge in [0.2, 0.25) is 11.8 Å². The number of imide groups is 2.